The Kier molecular flexibility index (Phi) is 4.15. The van der Waals surface area contributed by atoms with Gasteiger partial charge in [-0.15, -0.1) is 0 Å². The predicted octanol–water partition coefficient (Wildman–Crippen LogP) is 3.71. The van der Waals surface area contributed by atoms with Crippen molar-refractivity contribution in [1.29, 1.82) is 0 Å². The number of benzene rings is 2. The summed E-state index contributed by atoms with van der Waals surface area (Å²) >= 11 is 0. The van der Waals surface area contributed by atoms with E-state index < -0.39 is 5.97 Å². The SMILES string of the molecule is CCOC(=O)c1c(-c2ccccc2)c(-c2ccccc2)cn1N. The van der Waals surface area contributed by atoms with Crippen molar-refractivity contribution < 1.29 is 9.53 Å². The van der Waals surface area contributed by atoms with Gasteiger partial charge in [0.2, 0.25) is 0 Å². The smallest absolute Gasteiger partial charge is 0.357 e. The molecule has 0 aliphatic carbocycles. The van der Waals surface area contributed by atoms with Gasteiger partial charge in [0.05, 0.1) is 6.61 Å². The molecule has 0 bridgehead atoms. The first-order valence-corrected chi connectivity index (χ1v) is 7.50. The number of nitrogen functional groups attached to an aromatic ring is 1. The van der Waals surface area contributed by atoms with E-state index in [-0.39, 0.29) is 0 Å². The summed E-state index contributed by atoms with van der Waals surface area (Å²) in [5.74, 6) is 5.64. The average Bonchev–Trinajstić information content (AvgIpc) is 2.94. The molecule has 0 aliphatic heterocycles. The summed E-state index contributed by atoms with van der Waals surface area (Å²) in [5, 5.41) is 0. The highest BCUT2D eigenvalue weighted by Gasteiger charge is 2.23. The van der Waals surface area contributed by atoms with Crippen LogP contribution in [0.15, 0.2) is 66.9 Å². The summed E-state index contributed by atoms with van der Waals surface area (Å²) in [6.45, 7) is 2.08. The number of rotatable bonds is 4. The van der Waals surface area contributed by atoms with Gasteiger partial charge < -0.3 is 10.6 Å². The summed E-state index contributed by atoms with van der Waals surface area (Å²) in [6.07, 6.45) is 1.77. The molecule has 3 aromatic rings. The number of carbonyl (C=O) groups excluding carboxylic acids is 1. The molecule has 4 nitrogen and oxygen atoms in total. The van der Waals surface area contributed by atoms with Crippen molar-refractivity contribution in [3.63, 3.8) is 0 Å². The molecule has 0 fully saturated rings. The minimum atomic E-state index is -0.420. The quantitative estimate of drug-likeness (QED) is 0.590. The molecule has 0 aliphatic rings. The Morgan fingerprint density at radius 2 is 1.57 bits per heavy atom. The van der Waals surface area contributed by atoms with Crippen LogP contribution in [-0.2, 0) is 4.74 Å². The van der Waals surface area contributed by atoms with Crippen molar-refractivity contribution >= 4 is 5.97 Å². The molecule has 1 aromatic heterocycles. The van der Waals surface area contributed by atoms with Crippen LogP contribution < -0.4 is 5.84 Å². The van der Waals surface area contributed by atoms with Gasteiger partial charge in [-0.05, 0) is 18.1 Å². The van der Waals surface area contributed by atoms with Crippen LogP contribution in [0.25, 0.3) is 22.3 Å². The Morgan fingerprint density at radius 1 is 1.00 bits per heavy atom. The van der Waals surface area contributed by atoms with Crippen molar-refractivity contribution in [2.75, 3.05) is 12.4 Å². The lowest BCUT2D eigenvalue weighted by Gasteiger charge is -2.09. The summed E-state index contributed by atoms with van der Waals surface area (Å²) in [7, 11) is 0. The second-order valence-electron chi connectivity index (χ2n) is 5.13. The molecule has 116 valence electrons. The fourth-order valence-corrected chi connectivity index (χ4v) is 2.67. The Morgan fingerprint density at radius 3 is 2.13 bits per heavy atom. The second-order valence-corrected chi connectivity index (χ2v) is 5.13. The van der Waals surface area contributed by atoms with Crippen LogP contribution in [0.4, 0.5) is 0 Å². The fourth-order valence-electron chi connectivity index (χ4n) is 2.67. The zero-order chi connectivity index (χ0) is 16.2. The highest BCUT2D eigenvalue weighted by Crippen LogP contribution is 2.36. The lowest BCUT2D eigenvalue weighted by Crippen LogP contribution is -2.18. The standard InChI is InChI=1S/C19H18N2O2/c1-2-23-19(22)18-17(15-11-7-4-8-12-15)16(13-21(18)20)14-9-5-3-6-10-14/h3-13H,2,20H2,1H3. The summed E-state index contributed by atoms with van der Waals surface area (Å²) in [5.41, 5.74) is 3.98. The number of hydrogen-bond acceptors (Lipinski definition) is 3. The van der Waals surface area contributed by atoms with Gasteiger partial charge in [0.1, 0.15) is 0 Å². The maximum Gasteiger partial charge on any atom is 0.357 e. The van der Waals surface area contributed by atoms with Crippen LogP contribution >= 0.6 is 0 Å². The molecule has 0 saturated carbocycles. The topological polar surface area (TPSA) is 57.2 Å². The van der Waals surface area contributed by atoms with Gasteiger partial charge in [-0.3, -0.25) is 4.68 Å². The van der Waals surface area contributed by atoms with Crippen LogP contribution in [0.5, 0.6) is 0 Å². The third kappa shape index (κ3) is 2.83. The number of aromatic nitrogens is 1. The molecule has 1 heterocycles. The van der Waals surface area contributed by atoms with Crippen LogP contribution in [0.1, 0.15) is 17.4 Å². The van der Waals surface area contributed by atoms with Crippen LogP contribution in [0.3, 0.4) is 0 Å². The molecule has 2 N–H and O–H groups in total. The predicted molar refractivity (Wildman–Crippen MR) is 91.4 cm³/mol. The lowest BCUT2D eigenvalue weighted by atomic mass is 9.97. The number of ether oxygens (including phenoxy) is 1. The van der Waals surface area contributed by atoms with Gasteiger partial charge in [-0.25, -0.2) is 4.79 Å². The van der Waals surface area contributed by atoms with Crippen molar-refractivity contribution in [2.45, 2.75) is 6.92 Å². The molecular weight excluding hydrogens is 288 g/mol. The normalized spacial score (nSPS) is 10.5. The molecule has 3 rings (SSSR count). The maximum absolute atomic E-state index is 12.4. The summed E-state index contributed by atoms with van der Waals surface area (Å²) < 4.78 is 6.53. The molecule has 23 heavy (non-hydrogen) atoms. The van der Waals surface area contributed by atoms with Crippen molar-refractivity contribution in [3.05, 3.63) is 72.6 Å². The van der Waals surface area contributed by atoms with E-state index in [4.69, 9.17) is 10.6 Å². The van der Waals surface area contributed by atoms with Crippen molar-refractivity contribution in [3.8, 4) is 22.3 Å². The van der Waals surface area contributed by atoms with E-state index in [2.05, 4.69) is 0 Å². The third-order valence-electron chi connectivity index (χ3n) is 3.65. The van der Waals surface area contributed by atoms with Crippen molar-refractivity contribution in [1.82, 2.24) is 4.68 Å². The summed E-state index contributed by atoms with van der Waals surface area (Å²) in [6, 6.07) is 19.6. The first kappa shape index (κ1) is 14.9. The monoisotopic (exact) mass is 306 g/mol. The van der Waals surface area contributed by atoms with Crippen LogP contribution in [0, 0.1) is 0 Å². The van der Waals surface area contributed by atoms with E-state index in [1.54, 1.807) is 13.1 Å². The van der Waals surface area contributed by atoms with Gasteiger partial charge in [-0.2, -0.15) is 0 Å². The van der Waals surface area contributed by atoms with Gasteiger partial charge >= 0.3 is 5.97 Å². The molecule has 0 atom stereocenters. The zero-order valence-electron chi connectivity index (χ0n) is 12.9. The number of esters is 1. The Balaban J connectivity index is 2.25. The van der Waals surface area contributed by atoms with Gasteiger partial charge in [0.15, 0.2) is 5.69 Å². The number of nitrogens with two attached hydrogens (primary N) is 1. The minimum Gasteiger partial charge on any atom is -0.461 e. The van der Waals surface area contributed by atoms with Crippen LogP contribution in [0.2, 0.25) is 0 Å². The Bertz CT molecular complexity index is 808. The van der Waals surface area contributed by atoms with Crippen molar-refractivity contribution in [2.24, 2.45) is 0 Å². The Labute approximate surface area is 135 Å². The molecular formula is C19H18N2O2. The number of carbonyl (C=O) groups is 1. The second kappa shape index (κ2) is 6.40. The van der Waals surface area contributed by atoms with E-state index in [1.807, 2.05) is 60.7 Å². The first-order valence-electron chi connectivity index (χ1n) is 7.50. The molecule has 0 saturated heterocycles. The van der Waals surface area contributed by atoms with E-state index in [9.17, 15) is 4.79 Å². The first-order chi connectivity index (χ1) is 11.2. The molecule has 0 radical (unpaired) electrons. The van der Waals surface area contributed by atoms with Gasteiger partial charge in [-0.1, -0.05) is 60.7 Å². The molecule has 0 amide bonds. The van der Waals surface area contributed by atoms with E-state index in [1.165, 1.54) is 4.68 Å². The molecule has 4 heteroatoms. The maximum atomic E-state index is 12.4. The van der Waals surface area contributed by atoms with Gasteiger partial charge in [0.25, 0.3) is 0 Å². The minimum absolute atomic E-state index is 0.304. The van der Waals surface area contributed by atoms with E-state index in [0.29, 0.717) is 12.3 Å². The van der Waals surface area contributed by atoms with E-state index in [0.717, 1.165) is 22.3 Å². The zero-order valence-corrected chi connectivity index (χ0v) is 12.9. The van der Waals surface area contributed by atoms with Crippen LogP contribution in [-0.4, -0.2) is 17.3 Å². The summed E-state index contributed by atoms with van der Waals surface area (Å²) in [4.78, 5) is 12.4. The number of nitrogens with zero attached hydrogens (tertiary/aromatic N) is 1. The highest BCUT2D eigenvalue weighted by molar-refractivity contribution is 6.01. The average molecular weight is 306 g/mol. The molecule has 0 unspecified atom stereocenters. The third-order valence-corrected chi connectivity index (χ3v) is 3.65. The van der Waals surface area contributed by atoms with E-state index >= 15 is 0 Å². The Hall–Kier alpha value is -3.01. The van der Waals surface area contributed by atoms with Gasteiger partial charge in [0, 0.05) is 17.3 Å². The largest absolute Gasteiger partial charge is 0.461 e. The highest BCUT2D eigenvalue weighted by atomic mass is 16.5. The lowest BCUT2D eigenvalue weighted by molar-refractivity contribution is 0.0517. The number of hydrogen-bond donors (Lipinski definition) is 1. The molecule has 2 aromatic carbocycles. The fraction of sp³-hybridized carbons (Fsp3) is 0.105. The molecule has 0 spiro atoms.